The first kappa shape index (κ1) is 21.2. The lowest BCUT2D eigenvalue weighted by atomic mass is 10.0. The van der Waals surface area contributed by atoms with Crippen LogP contribution >= 0.6 is 0 Å². The maximum atomic E-state index is 12.3. The predicted octanol–water partition coefficient (Wildman–Crippen LogP) is 4.17. The Balaban J connectivity index is 1.47. The topological polar surface area (TPSA) is 88.9 Å². The smallest absolute Gasteiger partial charge is 0.249 e. The average molecular weight is 406 g/mol. The van der Waals surface area contributed by atoms with E-state index >= 15 is 0 Å². The Morgan fingerprint density at radius 1 is 0.933 bits per heavy atom. The molecule has 0 bridgehead atoms. The molecule has 2 amide bonds. The molecule has 1 aromatic heterocycles. The van der Waals surface area contributed by atoms with Crippen molar-refractivity contribution in [2.24, 2.45) is 0 Å². The highest BCUT2D eigenvalue weighted by molar-refractivity contribution is 5.94. The standard InChI is InChI=1S/C23H27N5O2/c1-16(2)19-7-4-18(5-8-19)6-13-22(29)26-20-9-11-21(12-10-20)27-23(30)17(3)28-15-24-14-25-28/h4-5,7-12,14-17H,6,13H2,1-3H3,(H,26,29)(H,27,30). The molecule has 0 spiro atoms. The summed E-state index contributed by atoms with van der Waals surface area (Å²) in [5, 5.41) is 9.70. The zero-order valence-corrected chi connectivity index (χ0v) is 17.5. The van der Waals surface area contributed by atoms with Gasteiger partial charge in [-0.2, -0.15) is 5.10 Å². The molecule has 2 N–H and O–H groups in total. The molecule has 0 aliphatic carbocycles. The molecule has 0 saturated carbocycles. The molecule has 1 heterocycles. The monoisotopic (exact) mass is 405 g/mol. The van der Waals surface area contributed by atoms with Crippen molar-refractivity contribution in [2.75, 3.05) is 10.6 Å². The third kappa shape index (κ3) is 5.76. The third-order valence-electron chi connectivity index (χ3n) is 4.94. The molecular weight excluding hydrogens is 378 g/mol. The second-order valence-electron chi connectivity index (χ2n) is 7.56. The molecule has 3 rings (SSSR count). The first-order valence-corrected chi connectivity index (χ1v) is 10.1. The summed E-state index contributed by atoms with van der Waals surface area (Å²) in [6.07, 6.45) is 4.00. The van der Waals surface area contributed by atoms with E-state index in [9.17, 15) is 9.59 Å². The summed E-state index contributed by atoms with van der Waals surface area (Å²) in [7, 11) is 0. The van der Waals surface area contributed by atoms with Gasteiger partial charge in [-0.15, -0.1) is 0 Å². The van der Waals surface area contributed by atoms with E-state index in [0.717, 1.165) is 5.56 Å². The number of carbonyl (C=O) groups is 2. The lowest BCUT2D eigenvalue weighted by Crippen LogP contribution is -2.24. The highest BCUT2D eigenvalue weighted by Crippen LogP contribution is 2.17. The molecule has 30 heavy (non-hydrogen) atoms. The first-order valence-electron chi connectivity index (χ1n) is 10.1. The van der Waals surface area contributed by atoms with Gasteiger partial charge in [0.1, 0.15) is 18.7 Å². The number of aromatic nitrogens is 3. The van der Waals surface area contributed by atoms with Crippen molar-refractivity contribution in [1.29, 1.82) is 0 Å². The van der Waals surface area contributed by atoms with Crippen molar-refractivity contribution in [2.45, 2.75) is 45.6 Å². The Labute approximate surface area is 176 Å². The third-order valence-corrected chi connectivity index (χ3v) is 4.94. The summed E-state index contributed by atoms with van der Waals surface area (Å²) in [4.78, 5) is 28.4. The lowest BCUT2D eigenvalue weighted by Gasteiger charge is -2.12. The second kappa shape index (κ2) is 9.82. The minimum atomic E-state index is -0.471. The minimum Gasteiger partial charge on any atom is -0.326 e. The van der Waals surface area contributed by atoms with Crippen molar-refractivity contribution >= 4 is 23.2 Å². The number of hydrogen-bond donors (Lipinski definition) is 2. The lowest BCUT2D eigenvalue weighted by molar-refractivity contribution is -0.119. The maximum Gasteiger partial charge on any atom is 0.249 e. The SMILES string of the molecule is CC(C)c1ccc(CCC(=O)Nc2ccc(NC(=O)C(C)n3cncn3)cc2)cc1. The fourth-order valence-electron chi connectivity index (χ4n) is 2.97. The van der Waals surface area contributed by atoms with E-state index in [4.69, 9.17) is 0 Å². The number of nitrogens with zero attached hydrogens (tertiary/aromatic N) is 3. The quantitative estimate of drug-likeness (QED) is 0.589. The van der Waals surface area contributed by atoms with E-state index in [1.165, 1.54) is 22.9 Å². The number of aryl methyl sites for hydroxylation is 1. The normalized spacial score (nSPS) is 11.9. The average Bonchev–Trinajstić information content (AvgIpc) is 3.28. The van der Waals surface area contributed by atoms with Gasteiger partial charge in [-0.3, -0.25) is 9.59 Å². The Bertz CT molecular complexity index is 964. The van der Waals surface area contributed by atoms with Gasteiger partial charge < -0.3 is 10.6 Å². The maximum absolute atomic E-state index is 12.3. The van der Waals surface area contributed by atoms with Gasteiger partial charge in [-0.05, 0) is 54.7 Å². The van der Waals surface area contributed by atoms with Crippen molar-refractivity contribution in [3.05, 3.63) is 72.3 Å². The van der Waals surface area contributed by atoms with Crippen molar-refractivity contribution in [1.82, 2.24) is 14.8 Å². The molecule has 0 fully saturated rings. The Morgan fingerprint density at radius 3 is 2.13 bits per heavy atom. The van der Waals surface area contributed by atoms with Gasteiger partial charge in [0.2, 0.25) is 11.8 Å². The highest BCUT2D eigenvalue weighted by Gasteiger charge is 2.15. The van der Waals surface area contributed by atoms with Crippen LogP contribution in [0.25, 0.3) is 0 Å². The Morgan fingerprint density at radius 2 is 1.57 bits per heavy atom. The van der Waals surface area contributed by atoms with Crippen LogP contribution in [0.3, 0.4) is 0 Å². The summed E-state index contributed by atoms with van der Waals surface area (Å²) in [5.74, 6) is 0.265. The van der Waals surface area contributed by atoms with Gasteiger partial charge in [0.05, 0.1) is 0 Å². The number of anilines is 2. The van der Waals surface area contributed by atoms with Crippen LogP contribution < -0.4 is 10.6 Å². The van der Waals surface area contributed by atoms with Crippen molar-refractivity contribution < 1.29 is 9.59 Å². The van der Waals surface area contributed by atoms with Crippen LogP contribution in [-0.4, -0.2) is 26.6 Å². The van der Waals surface area contributed by atoms with Crippen LogP contribution in [0, 0.1) is 0 Å². The van der Waals surface area contributed by atoms with Gasteiger partial charge >= 0.3 is 0 Å². The number of benzene rings is 2. The molecule has 7 heteroatoms. The van der Waals surface area contributed by atoms with Crippen LogP contribution in [0.4, 0.5) is 11.4 Å². The molecule has 0 aliphatic rings. The largest absolute Gasteiger partial charge is 0.326 e. The molecule has 1 unspecified atom stereocenters. The van der Waals surface area contributed by atoms with E-state index in [1.807, 2.05) is 0 Å². The number of nitrogens with one attached hydrogen (secondary N) is 2. The number of amides is 2. The molecule has 156 valence electrons. The number of carbonyl (C=O) groups excluding carboxylic acids is 2. The van der Waals surface area contributed by atoms with Crippen LogP contribution in [0.1, 0.15) is 50.3 Å². The molecule has 2 aromatic carbocycles. The summed E-state index contributed by atoms with van der Waals surface area (Å²) in [6.45, 7) is 6.07. The van der Waals surface area contributed by atoms with Crippen molar-refractivity contribution in [3.63, 3.8) is 0 Å². The molecule has 3 aromatic rings. The summed E-state index contributed by atoms with van der Waals surface area (Å²) >= 11 is 0. The van der Waals surface area contributed by atoms with E-state index in [1.54, 1.807) is 31.2 Å². The van der Waals surface area contributed by atoms with E-state index < -0.39 is 6.04 Å². The molecule has 1 atom stereocenters. The van der Waals surface area contributed by atoms with Crippen molar-refractivity contribution in [3.8, 4) is 0 Å². The zero-order valence-electron chi connectivity index (χ0n) is 17.5. The van der Waals surface area contributed by atoms with Crippen LogP contribution in [0.5, 0.6) is 0 Å². The second-order valence-corrected chi connectivity index (χ2v) is 7.56. The van der Waals surface area contributed by atoms with Gasteiger partial charge in [0.15, 0.2) is 0 Å². The molecule has 0 aliphatic heterocycles. The molecule has 0 saturated heterocycles. The van der Waals surface area contributed by atoms with Gasteiger partial charge in [0.25, 0.3) is 0 Å². The Kier molecular flexibility index (Phi) is 6.95. The van der Waals surface area contributed by atoms with Gasteiger partial charge in [-0.1, -0.05) is 38.1 Å². The predicted molar refractivity (Wildman–Crippen MR) is 117 cm³/mol. The minimum absolute atomic E-state index is 0.0421. The fraction of sp³-hybridized carbons (Fsp3) is 0.304. The summed E-state index contributed by atoms with van der Waals surface area (Å²) < 4.78 is 1.49. The summed E-state index contributed by atoms with van der Waals surface area (Å²) in [6, 6.07) is 15.0. The first-order chi connectivity index (χ1) is 14.4. The zero-order chi connectivity index (χ0) is 21.5. The van der Waals surface area contributed by atoms with Crippen LogP contribution in [0.15, 0.2) is 61.2 Å². The van der Waals surface area contributed by atoms with E-state index in [0.29, 0.717) is 30.1 Å². The summed E-state index contributed by atoms with van der Waals surface area (Å²) in [5.41, 5.74) is 3.79. The molecular formula is C23H27N5O2. The fourth-order valence-corrected chi connectivity index (χ4v) is 2.97. The molecule has 0 radical (unpaired) electrons. The Hall–Kier alpha value is -3.48. The van der Waals surface area contributed by atoms with E-state index in [2.05, 4.69) is 58.8 Å². The number of hydrogen-bond acceptors (Lipinski definition) is 4. The van der Waals surface area contributed by atoms with Gasteiger partial charge in [-0.25, -0.2) is 9.67 Å². The van der Waals surface area contributed by atoms with Crippen LogP contribution in [0.2, 0.25) is 0 Å². The van der Waals surface area contributed by atoms with Crippen LogP contribution in [-0.2, 0) is 16.0 Å². The highest BCUT2D eigenvalue weighted by atomic mass is 16.2. The van der Waals surface area contributed by atoms with E-state index in [-0.39, 0.29) is 11.8 Å². The van der Waals surface area contributed by atoms with Gasteiger partial charge in [0, 0.05) is 17.8 Å². The molecule has 7 nitrogen and oxygen atoms in total. The number of rotatable bonds is 8.